The van der Waals surface area contributed by atoms with Gasteiger partial charge in [-0.05, 0) is 37.5 Å². The summed E-state index contributed by atoms with van der Waals surface area (Å²) in [5.74, 6) is 0.359. The summed E-state index contributed by atoms with van der Waals surface area (Å²) in [6, 6.07) is 5.32. The van der Waals surface area contributed by atoms with E-state index in [9.17, 15) is 4.39 Å². The molecule has 0 bridgehead atoms. The fraction of sp³-hybridized carbons (Fsp3) is 0.562. The molecule has 21 heavy (non-hydrogen) atoms. The van der Waals surface area contributed by atoms with E-state index < -0.39 is 0 Å². The van der Waals surface area contributed by atoms with E-state index in [1.165, 1.54) is 25.3 Å². The highest BCUT2D eigenvalue weighted by atomic mass is 19.1. The van der Waals surface area contributed by atoms with Gasteiger partial charge in [0.15, 0.2) is 17.5 Å². The molecular weight excluding hydrogens is 269 g/mol. The maximum atomic E-state index is 13.7. The molecule has 1 saturated carbocycles. The molecule has 4 nitrogen and oxygen atoms in total. The van der Waals surface area contributed by atoms with Crippen LogP contribution in [0.4, 0.5) is 4.39 Å². The molecule has 0 aliphatic heterocycles. The molecule has 2 rings (SSSR count). The Kier molecular flexibility index (Phi) is 5.84. The van der Waals surface area contributed by atoms with Crippen molar-refractivity contribution in [1.82, 2.24) is 5.32 Å². The third-order valence-corrected chi connectivity index (χ3v) is 3.69. The summed E-state index contributed by atoms with van der Waals surface area (Å²) in [5.41, 5.74) is 6.67. The van der Waals surface area contributed by atoms with Crippen molar-refractivity contribution in [3.63, 3.8) is 0 Å². The number of aliphatic imine (C=N–C) groups is 1. The lowest BCUT2D eigenvalue weighted by molar-refractivity contribution is 0.321. The largest absolute Gasteiger partial charge is 0.491 e. The van der Waals surface area contributed by atoms with Crippen molar-refractivity contribution in [2.75, 3.05) is 6.61 Å². The van der Waals surface area contributed by atoms with Gasteiger partial charge in [0, 0.05) is 6.04 Å². The Balaban J connectivity index is 1.88. The van der Waals surface area contributed by atoms with Crippen LogP contribution in [0.1, 0.15) is 44.6 Å². The topological polar surface area (TPSA) is 59.6 Å². The van der Waals surface area contributed by atoms with Crippen LogP contribution in [0.5, 0.6) is 5.75 Å². The highest BCUT2D eigenvalue weighted by Crippen LogP contribution is 2.19. The average Bonchev–Trinajstić information content (AvgIpc) is 2.49. The maximum absolute atomic E-state index is 13.7. The molecule has 1 aliphatic rings. The van der Waals surface area contributed by atoms with E-state index in [1.807, 2.05) is 13.0 Å². The number of guanidine groups is 1. The van der Waals surface area contributed by atoms with Gasteiger partial charge in [-0.2, -0.15) is 0 Å². The number of halogens is 1. The quantitative estimate of drug-likeness (QED) is 0.648. The SMILES string of the molecule is CCOc1ccc(CN=C(N)NC2CCCCC2)cc1F. The predicted octanol–water partition coefficient (Wildman–Crippen LogP) is 2.96. The zero-order valence-corrected chi connectivity index (χ0v) is 12.6. The number of hydrogen-bond acceptors (Lipinski definition) is 2. The van der Waals surface area contributed by atoms with E-state index in [4.69, 9.17) is 10.5 Å². The molecule has 0 unspecified atom stereocenters. The van der Waals surface area contributed by atoms with Crippen molar-refractivity contribution in [3.8, 4) is 5.75 Å². The van der Waals surface area contributed by atoms with E-state index >= 15 is 0 Å². The lowest BCUT2D eigenvalue weighted by atomic mass is 9.96. The zero-order chi connectivity index (χ0) is 15.1. The van der Waals surface area contributed by atoms with Gasteiger partial charge in [0.2, 0.25) is 0 Å². The fourth-order valence-electron chi connectivity index (χ4n) is 2.59. The van der Waals surface area contributed by atoms with Crippen molar-refractivity contribution in [3.05, 3.63) is 29.6 Å². The minimum Gasteiger partial charge on any atom is -0.491 e. The van der Waals surface area contributed by atoms with Crippen molar-refractivity contribution in [1.29, 1.82) is 0 Å². The van der Waals surface area contributed by atoms with Gasteiger partial charge in [-0.1, -0.05) is 25.3 Å². The Morgan fingerprint density at radius 2 is 2.14 bits per heavy atom. The summed E-state index contributed by atoms with van der Waals surface area (Å²) in [5, 5.41) is 3.24. The highest BCUT2D eigenvalue weighted by molar-refractivity contribution is 5.78. The molecule has 0 heterocycles. The van der Waals surface area contributed by atoms with Gasteiger partial charge < -0.3 is 15.8 Å². The first-order valence-corrected chi connectivity index (χ1v) is 7.66. The van der Waals surface area contributed by atoms with Crippen LogP contribution in [0, 0.1) is 5.82 Å². The van der Waals surface area contributed by atoms with Crippen LogP contribution < -0.4 is 15.8 Å². The van der Waals surface area contributed by atoms with Crippen LogP contribution >= 0.6 is 0 Å². The predicted molar refractivity (Wildman–Crippen MR) is 82.9 cm³/mol. The molecule has 1 aromatic carbocycles. The minimum absolute atomic E-state index is 0.276. The molecule has 5 heteroatoms. The van der Waals surface area contributed by atoms with Crippen LogP contribution in [0.3, 0.4) is 0 Å². The van der Waals surface area contributed by atoms with E-state index in [2.05, 4.69) is 10.3 Å². The van der Waals surface area contributed by atoms with Gasteiger partial charge in [-0.15, -0.1) is 0 Å². The third kappa shape index (κ3) is 4.92. The summed E-state index contributed by atoms with van der Waals surface area (Å²) < 4.78 is 18.9. The lowest BCUT2D eigenvalue weighted by Crippen LogP contribution is -2.41. The molecule has 1 aliphatic carbocycles. The summed E-state index contributed by atoms with van der Waals surface area (Å²) in [4.78, 5) is 4.28. The molecular formula is C16H24FN3O. The fourth-order valence-corrected chi connectivity index (χ4v) is 2.59. The Bertz CT molecular complexity index is 484. The summed E-state index contributed by atoms with van der Waals surface area (Å²) in [6.45, 7) is 2.65. The summed E-state index contributed by atoms with van der Waals surface area (Å²) in [6.07, 6.45) is 6.09. The second-order valence-corrected chi connectivity index (χ2v) is 5.38. The van der Waals surface area contributed by atoms with E-state index in [0.29, 0.717) is 25.2 Å². The second-order valence-electron chi connectivity index (χ2n) is 5.38. The van der Waals surface area contributed by atoms with Gasteiger partial charge in [-0.25, -0.2) is 9.38 Å². The lowest BCUT2D eigenvalue weighted by Gasteiger charge is -2.23. The van der Waals surface area contributed by atoms with Crippen molar-refractivity contribution < 1.29 is 9.13 Å². The molecule has 0 radical (unpaired) electrons. The number of hydrogen-bond donors (Lipinski definition) is 2. The molecule has 1 fully saturated rings. The molecule has 116 valence electrons. The molecule has 0 atom stereocenters. The maximum Gasteiger partial charge on any atom is 0.189 e. The number of ether oxygens (including phenoxy) is 1. The van der Waals surface area contributed by atoms with Crippen LogP contribution in [0.25, 0.3) is 0 Å². The van der Waals surface area contributed by atoms with E-state index in [0.717, 1.165) is 18.4 Å². The second kappa shape index (κ2) is 7.86. The van der Waals surface area contributed by atoms with E-state index in [1.54, 1.807) is 6.07 Å². The Morgan fingerprint density at radius 3 is 2.81 bits per heavy atom. The molecule has 1 aromatic rings. The van der Waals surface area contributed by atoms with Crippen LogP contribution in [-0.2, 0) is 6.54 Å². The number of nitrogens with two attached hydrogens (primary N) is 1. The Hall–Kier alpha value is -1.78. The molecule has 0 amide bonds. The molecule has 0 aromatic heterocycles. The number of nitrogens with one attached hydrogen (secondary N) is 1. The monoisotopic (exact) mass is 293 g/mol. The van der Waals surface area contributed by atoms with Gasteiger partial charge >= 0.3 is 0 Å². The number of rotatable bonds is 5. The van der Waals surface area contributed by atoms with Gasteiger partial charge in [0.05, 0.1) is 13.2 Å². The van der Waals surface area contributed by atoms with Gasteiger partial charge in [0.25, 0.3) is 0 Å². The van der Waals surface area contributed by atoms with Crippen LogP contribution in [0.2, 0.25) is 0 Å². The first kappa shape index (κ1) is 15.6. The van der Waals surface area contributed by atoms with Crippen molar-refractivity contribution in [2.45, 2.75) is 51.6 Å². The zero-order valence-electron chi connectivity index (χ0n) is 12.6. The highest BCUT2D eigenvalue weighted by Gasteiger charge is 2.13. The minimum atomic E-state index is -0.358. The average molecular weight is 293 g/mol. The smallest absolute Gasteiger partial charge is 0.189 e. The summed E-state index contributed by atoms with van der Waals surface area (Å²) in [7, 11) is 0. The summed E-state index contributed by atoms with van der Waals surface area (Å²) >= 11 is 0. The van der Waals surface area contributed by atoms with Crippen molar-refractivity contribution >= 4 is 5.96 Å². The normalized spacial score (nSPS) is 16.8. The number of benzene rings is 1. The van der Waals surface area contributed by atoms with Gasteiger partial charge in [0.1, 0.15) is 0 Å². The third-order valence-electron chi connectivity index (χ3n) is 3.69. The van der Waals surface area contributed by atoms with E-state index in [-0.39, 0.29) is 11.6 Å². The molecule has 0 saturated heterocycles. The Morgan fingerprint density at radius 1 is 1.38 bits per heavy atom. The van der Waals surface area contributed by atoms with Crippen molar-refractivity contribution in [2.24, 2.45) is 10.7 Å². The Labute approximate surface area is 125 Å². The van der Waals surface area contributed by atoms with Crippen LogP contribution in [0.15, 0.2) is 23.2 Å². The number of nitrogens with zero attached hydrogens (tertiary/aromatic N) is 1. The van der Waals surface area contributed by atoms with Gasteiger partial charge in [-0.3, -0.25) is 0 Å². The molecule has 0 spiro atoms. The molecule has 3 N–H and O–H groups in total. The van der Waals surface area contributed by atoms with Crippen LogP contribution in [-0.4, -0.2) is 18.6 Å². The first-order valence-electron chi connectivity index (χ1n) is 7.66. The standard InChI is InChI=1S/C16H24FN3O/c1-2-21-15-9-8-12(10-14(15)17)11-19-16(18)20-13-6-4-3-5-7-13/h8-10,13H,2-7,11H2,1H3,(H3,18,19,20). The first-order chi connectivity index (χ1) is 10.2.